The first-order chi connectivity index (χ1) is 10.0. The molecule has 2 fully saturated rings. The Hall–Kier alpha value is -1.10. The van der Waals surface area contributed by atoms with Crippen molar-refractivity contribution >= 4 is 11.8 Å². The van der Waals surface area contributed by atoms with Crippen LogP contribution in [0.1, 0.15) is 39.5 Å². The van der Waals surface area contributed by atoms with Gasteiger partial charge in [0.25, 0.3) is 0 Å². The largest absolute Gasteiger partial charge is 0.358 e. The molecule has 1 unspecified atom stereocenters. The van der Waals surface area contributed by atoms with Crippen LogP contribution in [0, 0.1) is 11.8 Å². The fourth-order valence-corrected chi connectivity index (χ4v) is 3.68. The summed E-state index contributed by atoms with van der Waals surface area (Å²) in [7, 11) is 1.73. The Balaban J connectivity index is 1.97. The molecule has 0 aromatic carbocycles. The highest BCUT2D eigenvalue weighted by atomic mass is 16.2. The van der Waals surface area contributed by atoms with Gasteiger partial charge >= 0.3 is 0 Å². The van der Waals surface area contributed by atoms with Gasteiger partial charge in [-0.3, -0.25) is 14.5 Å². The maximum absolute atomic E-state index is 12.3. The van der Waals surface area contributed by atoms with Crippen molar-refractivity contribution in [2.75, 3.05) is 33.2 Å². The maximum atomic E-state index is 12.3. The van der Waals surface area contributed by atoms with Crippen LogP contribution >= 0.6 is 0 Å². The van der Waals surface area contributed by atoms with Crippen LogP contribution in [0.15, 0.2) is 0 Å². The molecular formula is C16H29N3O2. The van der Waals surface area contributed by atoms with E-state index >= 15 is 0 Å². The van der Waals surface area contributed by atoms with E-state index in [-0.39, 0.29) is 23.8 Å². The van der Waals surface area contributed by atoms with Gasteiger partial charge in [-0.2, -0.15) is 0 Å². The molecule has 2 amide bonds. The molecule has 0 bridgehead atoms. The van der Waals surface area contributed by atoms with E-state index in [4.69, 9.17) is 0 Å². The summed E-state index contributed by atoms with van der Waals surface area (Å²) in [4.78, 5) is 28.6. The molecule has 1 heterocycles. The summed E-state index contributed by atoms with van der Waals surface area (Å²) in [5.41, 5.74) is 0. The summed E-state index contributed by atoms with van der Waals surface area (Å²) < 4.78 is 0. The zero-order chi connectivity index (χ0) is 15.4. The molecule has 2 aliphatic rings. The average Bonchev–Trinajstić information content (AvgIpc) is 3.01. The number of nitrogens with one attached hydrogen (secondary N) is 1. The van der Waals surface area contributed by atoms with Crippen molar-refractivity contribution < 1.29 is 9.59 Å². The normalized spacial score (nSPS) is 22.6. The Labute approximate surface area is 128 Å². The molecule has 120 valence electrons. The molecule has 0 aromatic rings. The van der Waals surface area contributed by atoms with Crippen molar-refractivity contribution in [3.05, 3.63) is 0 Å². The number of carbonyl (C=O) groups is 2. The molecule has 5 nitrogen and oxygen atoms in total. The lowest BCUT2D eigenvalue weighted by Gasteiger charge is -2.41. The summed E-state index contributed by atoms with van der Waals surface area (Å²) in [6.45, 7) is 7.01. The van der Waals surface area contributed by atoms with E-state index in [0.717, 1.165) is 39.0 Å². The lowest BCUT2D eigenvalue weighted by atomic mass is 9.95. The fraction of sp³-hybridized carbons (Fsp3) is 0.875. The summed E-state index contributed by atoms with van der Waals surface area (Å²) >= 11 is 0. The molecule has 0 radical (unpaired) electrons. The van der Waals surface area contributed by atoms with Crippen LogP contribution in [0.2, 0.25) is 0 Å². The van der Waals surface area contributed by atoms with Gasteiger partial charge in [0.15, 0.2) is 0 Å². The molecule has 21 heavy (non-hydrogen) atoms. The second-order valence-corrected chi connectivity index (χ2v) is 6.62. The molecule has 5 heteroatoms. The fourth-order valence-electron chi connectivity index (χ4n) is 3.68. The molecule has 0 aromatic heterocycles. The first-order valence-corrected chi connectivity index (χ1v) is 8.29. The first kappa shape index (κ1) is 16.3. The van der Waals surface area contributed by atoms with E-state index in [0.29, 0.717) is 5.92 Å². The van der Waals surface area contributed by atoms with Gasteiger partial charge in [-0.15, -0.1) is 0 Å². The summed E-state index contributed by atoms with van der Waals surface area (Å²) in [5.74, 6) is 0.913. The lowest BCUT2D eigenvalue weighted by Crippen LogP contribution is -2.58. The maximum Gasteiger partial charge on any atom is 0.237 e. The van der Waals surface area contributed by atoms with Crippen LogP contribution in [-0.2, 0) is 9.59 Å². The predicted octanol–water partition coefficient (Wildman–Crippen LogP) is 1.09. The Morgan fingerprint density at radius 3 is 2.10 bits per heavy atom. The van der Waals surface area contributed by atoms with E-state index in [9.17, 15) is 9.59 Å². The molecule has 2 rings (SSSR count). The van der Waals surface area contributed by atoms with E-state index in [2.05, 4.69) is 10.2 Å². The van der Waals surface area contributed by atoms with Crippen LogP contribution < -0.4 is 5.32 Å². The van der Waals surface area contributed by atoms with Gasteiger partial charge in [0.2, 0.25) is 11.8 Å². The first-order valence-electron chi connectivity index (χ1n) is 8.29. The zero-order valence-corrected chi connectivity index (χ0v) is 13.6. The number of carbonyl (C=O) groups excluding carboxylic acids is 2. The number of nitrogens with zero attached hydrogens (tertiary/aromatic N) is 2. The van der Waals surface area contributed by atoms with Crippen LogP contribution in [0.25, 0.3) is 0 Å². The van der Waals surface area contributed by atoms with Crippen LogP contribution in [0.3, 0.4) is 0 Å². The minimum absolute atomic E-state index is 0.00574. The predicted molar refractivity (Wildman–Crippen MR) is 82.8 cm³/mol. The van der Waals surface area contributed by atoms with E-state index in [1.54, 1.807) is 7.05 Å². The molecule has 1 saturated heterocycles. The Morgan fingerprint density at radius 2 is 1.62 bits per heavy atom. The molecule has 1 saturated carbocycles. The highest BCUT2D eigenvalue weighted by molar-refractivity contribution is 5.82. The second kappa shape index (κ2) is 7.25. The third kappa shape index (κ3) is 3.76. The van der Waals surface area contributed by atoms with Gasteiger partial charge in [0.05, 0.1) is 6.04 Å². The molecule has 0 spiro atoms. The van der Waals surface area contributed by atoms with Crippen molar-refractivity contribution in [1.82, 2.24) is 15.1 Å². The number of hydrogen-bond donors (Lipinski definition) is 1. The molecule has 1 N–H and O–H groups in total. The number of piperazine rings is 1. The standard InChI is InChI=1S/C16H29N3O2/c1-12(2)16(21)19-10-8-18(9-11-19)14(15(20)17-3)13-6-4-5-7-13/h12-14H,4-11H2,1-3H3,(H,17,20). The summed E-state index contributed by atoms with van der Waals surface area (Å²) in [6.07, 6.45) is 4.79. The van der Waals surface area contributed by atoms with Crippen LogP contribution in [-0.4, -0.2) is 60.9 Å². The third-order valence-electron chi connectivity index (χ3n) is 4.87. The second-order valence-electron chi connectivity index (χ2n) is 6.62. The molecular weight excluding hydrogens is 266 g/mol. The van der Waals surface area contributed by atoms with E-state index in [1.807, 2.05) is 18.7 Å². The number of hydrogen-bond acceptors (Lipinski definition) is 3. The van der Waals surface area contributed by atoms with Gasteiger partial charge in [0, 0.05) is 39.1 Å². The van der Waals surface area contributed by atoms with E-state index in [1.165, 1.54) is 12.8 Å². The summed E-state index contributed by atoms with van der Waals surface area (Å²) in [6, 6.07) is -0.00574. The van der Waals surface area contributed by atoms with Gasteiger partial charge < -0.3 is 10.2 Å². The minimum Gasteiger partial charge on any atom is -0.358 e. The quantitative estimate of drug-likeness (QED) is 0.845. The van der Waals surface area contributed by atoms with E-state index < -0.39 is 0 Å². The van der Waals surface area contributed by atoms with Crippen LogP contribution in [0.4, 0.5) is 0 Å². The molecule has 1 aliphatic heterocycles. The molecule has 1 atom stereocenters. The van der Waals surface area contributed by atoms with Crippen molar-refractivity contribution in [3.63, 3.8) is 0 Å². The van der Waals surface area contributed by atoms with Crippen molar-refractivity contribution in [3.8, 4) is 0 Å². The van der Waals surface area contributed by atoms with Crippen molar-refractivity contribution in [1.29, 1.82) is 0 Å². The number of amides is 2. The van der Waals surface area contributed by atoms with Crippen molar-refractivity contribution in [2.45, 2.75) is 45.6 Å². The van der Waals surface area contributed by atoms with Gasteiger partial charge in [0.1, 0.15) is 0 Å². The monoisotopic (exact) mass is 295 g/mol. The topological polar surface area (TPSA) is 52.7 Å². The Morgan fingerprint density at radius 1 is 1.05 bits per heavy atom. The van der Waals surface area contributed by atoms with Crippen LogP contribution in [0.5, 0.6) is 0 Å². The number of likely N-dealkylation sites (N-methyl/N-ethyl adjacent to an activating group) is 1. The average molecular weight is 295 g/mol. The van der Waals surface area contributed by atoms with Crippen molar-refractivity contribution in [2.24, 2.45) is 11.8 Å². The Bertz CT molecular complexity index is 370. The summed E-state index contributed by atoms with van der Waals surface area (Å²) in [5, 5.41) is 2.83. The molecule has 1 aliphatic carbocycles. The Kier molecular flexibility index (Phi) is 5.62. The third-order valence-corrected chi connectivity index (χ3v) is 4.87. The lowest BCUT2D eigenvalue weighted by molar-refractivity contribution is -0.137. The zero-order valence-electron chi connectivity index (χ0n) is 13.6. The number of rotatable bonds is 4. The smallest absolute Gasteiger partial charge is 0.237 e. The van der Waals surface area contributed by atoms with Gasteiger partial charge in [-0.05, 0) is 18.8 Å². The minimum atomic E-state index is -0.00574. The highest BCUT2D eigenvalue weighted by Crippen LogP contribution is 2.31. The van der Waals surface area contributed by atoms with Gasteiger partial charge in [-0.1, -0.05) is 26.7 Å². The van der Waals surface area contributed by atoms with Gasteiger partial charge in [-0.25, -0.2) is 0 Å². The SMILES string of the molecule is CNC(=O)C(C1CCCC1)N1CCN(C(=O)C(C)C)CC1. The highest BCUT2D eigenvalue weighted by Gasteiger charge is 2.36.